The molecule has 0 radical (unpaired) electrons. The van der Waals surface area contributed by atoms with Gasteiger partial charge in [-0.3, -0.25) is 14.4 Å². The van der Waals surface area contributed by atoms with Crippen LogP contribution in [0.1, 0.15) is 29.3 Å². The van der Waals surface area contributed by atoms with Crippen molar-refractivity contribution in [2.24, 2.45) is 0 Å². The summed E-state index contributed by atoms with van der Waals surface area (Å²) >= 11 is 13.6. The summed E-state index contributed by atoms with van der Waals surface area (Å²) < 4.78 is 10.8. The van der Waals surface area contributed by atoms with Gasteiger partial charge in [-0.2, -0.15) is 0 Å². The fourth-order valence-electron chi connectivity index (χ4n) is 4.17. The topological polar surface area (TPSA) is 106 Å². The number of thioether (sulfide) groups is 1. The molecule has 11 heteroatoms. The molecule has 4 aromatic rings. The molecule has 3 amide bonds. The quantitative estimate of drug-likeness (QED) is 0.105. The second-order valence-corrected chi connectivity index (χ2v) is 11.7. The van der Waals surface area contributed by atoms with Crippen molar-refractivity contribution in [2.75, 3.05) is 24.9 Å². The molecule has 3 N–H and O–H groups in total. The highest BCUT2D eigenvalue weighted by atomic mass is 35.5. The first-order valence-corrected chi connectivity index (χ1v) is 15.5. The van der Waals surface area contributed by atoms with Gasteiger partial charge in [0.25, 0.3) is 11.8 Å². The molecule has 0 saturated heterocycles. The van der Waals surface area contributed by atoms with Crippen molar-refractivity contribution in [3.63, 3.8) is 0 Å². The zero-order valence-corrected chi connectivity index (χ0v) is 27.1. The van der Waals surface area contributed by atoms with Gasteiger partial charge in [0.2, 0.25) is 5.91 Å². The number of carbonyl (C=O) groups is 3. The summed E-state index contributed by atoms with van der Waals surface area (Å²) in [5.41, 5.74) is 1.88. The highest BCUT2D eigenvalue weighted by Crippen LogP contribution is 2.31. The van der Waals surface area contributed by atoms with Crippen LogP contribution in [0, 0.1) is 0 Å². The smallest absolute Gasteiger partial charge is 0.272 e. The lowest BCUT2D eigenvalue weighted by Crippen LogP contribution is -2.30. The molecule has 0 fully saturated rings. The van der Waals surface area contributed by atoms with E-state index in [9.17, 15) is 14.4 Å². The maximum Gasteiger partial charge on any atom is 0.272 e. The minimum atomic E-state index is -0.554. The molecule has 0 heterocycles. The molecule has 8 nitrogen and oxygen atoms in total. The zero-order valence-electron chi connectivity index (χ0n) is 24.7. The van der Waals surface area contributed by atoms with Crippen LogP contribution in [0.4, 0.5) is 11.4 Å². The number of nitrogens with one attached hydrogen (secondary N) is 3. The van der Waals surface area contributed by atoms with E-state index in [2.05, 4.69) is 16.0 Å². The first-order valence-electron chi connectivity index (χ1n) is 13.8. The van der Waals surface area contributed by atoms with E-state index < -0.39 is 17.1 Å². The van der Waals surface area contributed by atoms with Gasteiger partial charge in [-0.05, 0) is 73.2 Å². The largest absolute Gasteiger partial charge is 0.497 e. The molecular weight excluding hydrogens is 633 g/mol. The number of ether oxygens (including phenoxy) is 2. The van der Waals surface area contributed by atoms with Gasteiger partial charge < -0.3 is 25.4 Å². The first-order chi connectivity index (χ1) is 21.7. The van der Waals surface area contributed by atoms with Crippen molar-refractivity contribution >= 4 is 70.1 Å². The fourth-order valence-corrected chi connectivity index (χ4v) is 5.64. The van der Waals surface area contributed by atoms with Gasteiger partial charge in [0, 0.05) is 32.8 Å². The Morgan fingerprint density at radius 2 is 1.64 bits per heavy atom. The molecule has 1 unspecified atom stereocenters. The number of halogens is 2. The SMILES string of the molecule is CCC(Sc1cccc(NC(=O)/C(=C\c2ccc(OC)cc2OC)NC(=O)c2ccccc2)c1)C(=O)Nc1ccc(Cl)cc1Cl. The lowest BCUT2D eigenvalue weighted by Gasteiger charge is -2.16. The molecule has 1 atom stereocenters. The van der Waals surface area contributed by atoms with Crippen LogP contribution in [0.3, 0.4) is 0 Å². The number of methoxy groups -OCH3 is 2. The molecular formula is C34H31Cl2N3O5S. The Morgan fingerprint density at radius 1 is 0.867 bits per heavy atom. The summed E-state index contributed by atoms with van der Waals surface area (Å²) in [7, 11) is 3.05. The van der Waals surface area contributed by atoms with E-state index in [1.165, 1.54) is 24.9 Å². The molecule has 45 heavy (non-hydrogen) atoms. The standard InChI is InChI=1S/C34H31Cl2N3O5S/c1-4-31(34(42)38-28-16-14-23(35)18-27(28)36)45-26-12-8-11-24(19-26)37-33(41)29(39-32(40)21-9-6-5-7-10-21)17-22-13-15-25(43-2)20-30(22)44-3/h5-20,31H,4H2,1-3H3,(H,37,41)(H,38,42)(H,39,40)/b29-17+. The van der Waals surface area contributed by atoms with E-state index in [4.69, 9.17) is 32.7 Å². The third kappa shape index (κ3) is 9.28. The zero-order chi connectivity index (χ0) is 32.3. The fraction of sp³-hybridized carbons (Fsp3) is 0.147. The van der Waals surface area contributed by atoms with Crippen LogP contribution in [-0.2, 0) is 9.59 Å². The van der Waals surface area contributed by atoms with E-state index in [-0.39, 0.29) is 11.6 Å². The summed E-state index contributed by atoms with van der Waals surface area (Å²) in [5.74, 6) is -0.194. The number of hydrogen-bond acceptors (Lipinski definition) is 6. The van der Waals surface area contributed by atoms with Gasteiger partial charge in [0.15, 0.2) is 0 Å². The summed E-state index contributed by atoms with van der Waals surface area (Å²) in [5, 5.41) is 8.82. The van der Waals surface area contributed by atoms with Crippen LogP contribution >= 0.6 is 35.0 Å². The number of hydrogen-bond donors (Lipinski definition) is 3. The normalized spacial score (nSPS) is 11.7. The number of carbonyl (C=O) groups excluding carboxylic acids is 3. The van der Waals surface area contributed by atoms with Crippen molar-refractivity contribution in [1.29, 1.82) is 0 Å². The average molecular weight is 665 g/mol. The van der Waals surface area contributed by atoms with Gasteiger partial charge in [0.1, 0.15) is 17.2 Å². The van der Waals surface area contributed by atoms with Gasteiger partial charge >= 0.3 is 0 Å². The molecule has 0 aliphatic heterocycles. The Bertz CT molecular complexity index is 1720. The molecule has 0 bridgehead atoms. The predicted octanol–water partition coefficient (Wildman–Crippen LogP) is 7.93. The number of benzene rings is 4. The van der Waals surface area contributed by atoms with E-state index in [0.717, 1.165) is 4.90 Å². The molecule has 0 aromatic heterocycles. The summed E-state index contributed by atoms with van der Waals surface area (Å²) in [6.45, 7) is 1.91. The first kappa shape index (κ1) is 33.5. The van der Waals surface area contributed by atoms with E-state index in [0.29, 0.717) is 50.5 Å². The van der Waals surface area contributed by atoms with Gasteiger partial charge in [0.05, 0.1) is 30.2 Å². The van der Waals surface area contributed by atoms with Crippen LogP contribution in [0.2, 0.25) is 10.0 Å². The Labute approximate surface area is 276 Å². The third-order valence-electron chi connectivity index (χ3n) is 6.49. The number of anilines is 2. The van der Waals surface area contributed by atoms with Crippen LogP contribution < -0.4 is 25.4 Å². The molecule has 0 aliphatic carbocycles. The number of amides is 3. The van der Waals surface area contributed by atoms with Crippen molar-refractivity contribution < 1.29 is 23.9 Å². The van der Waals surface area contributed by atoms with Crippen LogP contribution in [0.15, 0.2) is 102 Å². The van der Waals surface area contributed by atoms with Crippen LogP contribution in [-0.4, -0.2) is 37.2 Å². The van der Waals surface area contributed by atoms with Gasteiger partial charge in [-0.25, -0.2) is 0 Å². The van der Waals surface area contributed by atoms with Crippen molar-refractivity contribution in [3.8, 4) is 11.5 Å². The van der Waals surface area contributed by atoms with E-state index in [1.807, 2.05) is 13.0 Å². The van der Waals surface area contributed by atoms with Crippen LogP contribution in [0.5, 0.6) is 11.5 Å². The molecule has 0 spiro atoms. The Kier molecular flexibility index (Phi) is 11.9. The average Bonchev–Trinajstić information content (AvgIpc) is 3.05. The summed E-state index contributed by atoms with van der Waals surface area (Å²) in [6.07, 6.45) is 2.08. The molecule has 4 rings (SSSR count). The predicted molar refractivity (Wildman–Crippen MR) is 182 cm³/mol. The minimum absolute atomic E-state index is 0.00367. The van der Waals surface area contributed by atoms with E-state index >= 15 is 0 Å². The molecule has 0 saturated carbocycles. The molecule has 232 valence electrons. The molecule has 4 aromatic carbocycles. The molecule has 0 aliphatic rings. The second kappa shape index (κ2) is 16.0. The minimum Gasteiger partial charge on any atom is -0.497 e. The van der Waals surface area contributed by atoms with Crippen molar-refractivity contribution in [3.05, 3.63) is 118 Å². The lowest BCUT2D eigenvalue weighted by molar-refractivity contribution is -0.116. The highest BCUT2D eigenvalue weighted by molar-refractivity contribution is 8.00. The highest BCUT2D eigenvalue weighted by Gasteiger charge is 2.20. The van der Waals surface area contributed by atoms with Gasteiger partial charge in [-0.1, -0.05) is 54.4 Å². The van der Waals surface area contributed by atoms with Crippen molar-refractivity contribution in [2.45, 2.75) is 23.5 Å². The van der Waals surface area contributed by atoms with Crippen molar-refractivity contribution in [1.82, 2.24) is 5.32 Å². The van der Waals surface area contributed by atoms with E-state index in [1.54, 1.807) is 92.0 Å². The summed E-state index contributed by atoms with van der Waals surface area (Å²) in [4.78, 5) is 40.5. The van der Waals surface area contributed by atoms with Gasteiger partial charge in [-0.15, -0.1) is 11.8 Å². The summed E-state index contributed by atoms with van der Waals surface area (Å²) in [6, 6.07) is 25.7. The van der Waals surface area contributed by atoms with Crippen LogP contribution in [0.25, 0.3) is 6.08 Å². The number of rotatable bonds is 12. The second-order valence-electron chi connectivity index (χ2n) is 9.60. The monoisotopic (exact) mass is 663 g/mol. The Balaban J connectivity index is 1.55. The Hall–Kier alpha value is -4.44. The maximum absolute atomic E-state index is 13.6. The third-order valence-corrected chi connectivity index (χ3v) is 8.40. The lowest BCUT2D eigenvalue weighted by atomic mass is 10.1. The maximum atomic E-state index is 13.6. The Morgan fingerprint density at radius 3 is 2.33 bits per heavy atom.